The first-order valence-electron chi connectivity index (χ1n) is 6.80. The van der Waals surface area contributed by atoms with Gasteiger partial charge in [-0.3, -0.25) is 4.79 Å². The monoisotopic (exact) mass is 240 g/mol. The van der Waals surface area contributed by atoms with Crippen LogP contribution in [0.5, 0.6) is 0 Å². The fraction of sp³-hybridized carbons (Fsp3) is 0.923. The van der Waals surface area contributed by atoms with Crippen molar-refractivity contribution in [3.8, 4) is 0 Å². The van der Waals surface area contributed by atoms with Crippen molar-refractivity contribution in [1.82, 2.24) is 10.2 Å². The predicted molar refractivity (Wildman–Crippen MR) is 66.8 cm³/mol. The maximum atomic E-state index is 11.9. The van der Waals surface area contributed by atoms with Crippen LogP contribution in [0.1, 0.15) is 32.6 Å². The van der Waals surface area contributed by atoms with Gasteiger partial charge in [-0.15, -0.1) is 0 Å². The Bertz CT molecular complexity index is 260. The maximum Gasteiger partial charge on any atom is 0.248 e. The molecule has 2 rings (SSSR count). The van der Waals surface area contributed by atoms with Crippen LogP contribution in [0.4, 0.5) is 0 Å². The zero-order chi connectivity index (χ0) is 12.3. The fourth-order valence-corrected chi connectivity index (χ4v) is 2.56. The summed E-state index contributed by atoms with van der Waals surface area (Å²) in [6, 6.07) is 0.509. The van der Waals surface area contributed by atoms with E-state index in [1.165, 1.54) is 12.8 Å². The lowest BCUT2D eigenvalue weighted by molar-refractivity contribution is -0.141. The number of rotatable bonds is 7. The Morgan fingerprint density at radius 2 is 2.12 bits per heavy atom. The molecule has 17 heavy (non-hydrogen) atoms. The van der Waals surface area contributed by atoms with E-state index in [0.29, 0.717) is 12.1 Å². The molecule has 0 aromatic heterocycles. The third-order valence-corrected chi connectivity index (χ3v) is 3.78. The molecule has 2 fully saturated rings. The zero-order valence-corrected chi connectivity index (χ0v) is 10.9. The third-order valence-electron chi connectivity index (χ3n) is 3.78. The van der Waals surface area contributed by atoms with Gasteiger partial charge in [-0.1, -0.05) is 0 Å². The number of likely N-dealkylation sites (N-methyl/N-ethyl adjacent to an activating group) is 1. The Kier molecular flexibility index (Phi) is 4.40. The van der Waals surface area contributed by atoms with E-state index in [9.17, 15) is 4.79 Å². The van der Waals surface area contributed by atoms with E-state index in [-0.39, 0.29) is 12.5 Å². The van der Waals surface area contributed by atoms with Gasteiger partial charge < -0.3 is 15.0 Å². The van der Waals surface area contributed by atoms with Gasteiger partial charge in [-0.25, -0.2) is 0 Å². The molecule has 4 heteroatoms. The van der Waals surface area contributed by atoms with Gasteiger partial charge in [0.05, 0.1) is 6.10 Å². The predicted octanol–water partition coefficient (Wildman–Crippen LogP) is 1.01. The van der Waals surface area contributed by atoms with E-state index >= 15 is 0 Å². The Balaban J connectivity index is 1.60. The van der Waals surface area contributed by atoms with Crippen molar-refractivity contribution >= 4 is 5.91 Å². The van der Waals surface area contributed by atoms with Crippen molar-refractivity contribution in [3.63, 3.8) is 0 Å². The molecule has 2 aliphatic carbocycles. The second-order valence-corrected chi connectivity index (χ2v) is 5.24. The van der Waals surface area contributed by atoms with Gasteiger partial charge >= 0.3 is 0 Å². The summed E-state index contributed by atoms with van der Waals surface area (Å²) in [5.41, 5.74) is 0. The molecule has 2 aliphatic rings. The highest BCUT2D eigenvalue weighted by Crippen LogP contribution is 2.30. The highest BCUT2D eigenvalue weighted by atomic mass is 16.5. The highest BCUT2D eigenvalue weighted by molar-refractivity contribution is 5.78. The Labute approximate surface area is 104 Å². The lowest BCUT2D eigenvalue weighted by Crippen LogP contribution is -2.41. The van der Waals surface area contributed by atoms with E-state index < -0.39 is 0 Å². The summed E-state index contributed by atoms with van der Waals surface area (Å²) in [6.45, 7) is 4.21. The molecular weight excluding hydrogens is 216 g/mol. The van der Waals surface area contributed by atoms with Crippen molar-refractivity contribution < 1.29 is 9.53 Å². The van der Waals surface area contributed by atoms with Gasteiger partial charge in [0.2, 0.25) is 5.91 Å². The molecule has 0 atom stereocenters. The Morgan fingerprint density at radius 1 is 1.41 bits per heavy atom. The summed E-state index contributed by atoms with van der Waals surface area (Å²) in [7, 11) is 1.98. The van der Waals surface area contributed by atoms with Crippen molar-refractivity contribution in [2.45, 2.75) is 44.8 Å². The summed E-state index contributed by atoms with van der Waals surface area (Å²) in [4.78, 5) is 13.9. The molecular formula is C13H24N2O2. The molecule has 0 bridgehead atoms. The first-order chi connectivity index (χ1) is 8.24. The average Bonchev–Trinajstić information content (AvgIpc) is 3.06. The van der Waals surface area contributed by atoms with Crippen LogP contribution in [-0.2, 0) is 9.53 Å². The number of carbonyl (C=O) groups is 1. The fourth-order valence-electron chi connectivity index (χ4n) is 2.56. The second kappa shape index (κ2) is 5.83. The molecule has 1 amide bonds. The van der Waals surface area contributed by atoms with Gasteiger partial charge in [0.1, 0.15) is 6.61 Å². The SMILES string of the molecule is CCN(C(=O)COC1CC(CNC)C1)C1CC1. The molecule has 0 heterocycles. The lowest BCUT2D eigenvalue weighted by Gasteiger charge is -2.35. The van der Waals surface area contributed by atoms with Crippen LogP contribution in [0.25, 0.3) is 0 Å². The number of ether oxygens (including phenoxy) is 1. The van der Waals surface area contributed by atoms with Crippen LogP contribution in [0, 0.1) is 5.92 Å². The summed E-state index contributed by atoms with van der Waals surface area (Å²) in [6.07, 6.45) is 4.86. The highest BCUT2D eigenvalue weighted by Gasteiger charge is 2.33. The van der Waals surface area contributed by atoms with E-state index in [1.54, 1.807) is 0 Å². The summed E-state index contributed by atoms with van der Waals surface area (Å²) < 4.78 is 5.66. The molecule has 0 radical (unpaired) electrons. The van der Waals surface area contributed by atoms with Gasteiger partial charge in [0.15, 0.2) is 0 Å². The van der Waals surface area contributed by atoms with Crippen molar-refractivity contribution in [2.75, 3.05) is 26.7 Å². The van der Waals surface area contributed by atoms with Crippen molar-refractivity contribution in [2.24, 2.45) is 5.92 Å². The van der Waals surface area contributed by atoms with Gasteiger partial charge in [-0.2, -0.15) is 0 Å². The van der Waals surface area contributed by atoms with E-state index in [4.69, 9.17) is 4.74 Å². The molecule has 0 unspecified atom stereocenters. The first-order valence-corrected chi connectivity index (χ1v) is 6.80. The second-order valence-electron chi connectivity index (χ2n) is 5.24. The number of nitrogens with one attached hydrogen (secondary N) is 1. The molecule has 0 aromatic carbocycles. The molecule has 2 saturated carbocycles. The van der Waals surface area contributed by atoms with E-state index in [2.05, 4.69) is 5.32 Å². The quantitative estimate of drug-likeness (QED) is 0.722. The molecule has 0 spiro atoms. The summed E-state index contributed by atoms with van der Waals surface area (Å²) in [5, 5.41) is 3.17. The van der Waals surface area contributed by atoms with Gasteiger partial charge in [0.25, 0.3) is 0 Å². The van der Waals surface area contributed by atoms with Crippen LogP contribution in [0.2, 0.25) is 0 Å². The molecule has 0 aromatic rings. The standard InChI is InChI=1S/C13H24N2O2/c1-3-15(11-4-5-11)13(16)9-17-12-6-10(7-12)8-14-2/h10-12,14H,3-9H2,1-2H3. The normalized spacial score (nSPS) is 27.6. The van der Waals surface area contributed by atoms with Crippen molar-refractivity contribution in [3.05, 3.63) is 0 Å². The van der Waals surface area contributed by atoms with Crippen molar-refractivity contribution in [1.29, 1.82) is 0 Å². The van der Waals surface area contributed by atoms with Gasteiger partial charge in [-0.05, 0) is 52.1 Å². The van der Waals surface area contributed by atoms with Crippen LogP contribution in [-0.4, -0.2) is 49.7 Å². The number of nitrogens with zero attached hydrogens (tertiary/aromatic N) is 1. The number of hydrogen-bond donors (Lipinski definition) is 1. The molecule has 1 N–H and O–H groups in total. The smallest absolute Gasteiger partial charge is 0.248 e. The van der Waals surface area contributed by atoms with E-state index in [0.717, 1.165) is 31.8 Å². The first kappa shape index (κ1) is 12.8. The Hall–Kier alpha value is -0.610. The average molecular weight is 240 g/mol. The Morgan fingerprint density at radius 3 is 2.65 bits per heavy atom. The number of amides is 1. The van der Waals surface area contributed by atoms with Crippen LogP contribution in [0.15, 0.2) is 0 Å². The summed E-state index contributed by atoms with van der Waals surface area (Å²) >= 11 is 0. The third kappa shape index (κ3) is 3.42. The zero-order valence-electron chi connectivity index (χ0n) is 10.9. The van der Waals surface area contributed by atoms with E-state index in [1.807, 2.05) is 18.9 Å². The minimum absolute atomic E-state index is 0.173. The largest absolute Gasteiger partial charge is 0.368 e. The topological polar surface area (TPSA) is 41.6 Å². The molecule has 98 valence electrons. The van der Waals surface area contributed by atoms with Crippen LogP contribution < -0.4 is 5.32 Å². The number of carbonyl (C=O) groups excluding carboxylic acids is 1. The maximum absolute atomic E-state index is 11.9. The number of hydrogen-bond acceptors (Lipinski definition) is 3. The molecule has 0 saturated heterocycles. The summed E-state index contributed by atoms with van der Waals surface area (Å²) in [5.74, 6) is 0.915. The van der Waals surface area contributed by atoms with Crippen LogP contribution >= 0.6 is 0 Å². The minimum Gasteiger partial charge on any atom is -0.368 e. The molecule has 0 aliphatic heterocycles. The minimum atomic E-state index is 0.173. The van der Waals surface area contributed by atoms with Gasteiger partial charge in [0, 0.05) is 12.6 Å². The van der Waals surface area contributed by atoms with Crippen LogP contribution in [0.3, 0.4) is 0 Å². The lowest BCUT2D eigenvalue weighted by atomic mass is 9.82. The molecule has 4 nitrogen and oxygen atoms in total.